The standard InChI is InChI=1S/C25H23ClN2O4/c1-15-11-18(16(2)28(15)20-8-5-7-19(26)13-20)12-22-23(25(30)31-4)17(3)27(24(22)29)14-21-9-6-10-32-21/h5-13H,14H2,1-4H3/b22-12-. The molecule has 4 rings (SSSR count). The molecule has 0 bridgehead atoms. The van der Waals surface area contributed by atoms with E-state index >= 15 is 0 Å². The summed E-state index contributed by atoms with van der Waals surface area (Å²) in [5.74, 6) is -0.193. The van der Waals surface area contributed by atoms with Crippen molar-refractivity contribution < 1.29 is 18.7 Å². The van der Waals surface area contributed by atoms with Crippen LogP contribution in [0.5, 0.6) is 0 Å². The van der Waals surface area contributed by atoms with Gasteiger partial charge in [0.1, 0.15) is 5.76 Å². The van der Waals surface area contributed by atoms with Crippen LogP contribution >= 0.6 is 11.6 Å². The van der Waals surface area contributed by atoms with Gasteiger partial charge in [-0.05, 0) is 68.8 Å². The molecule has 0 unspecified atom stereocenters. The SMILES string of the molecule is COC(=O)C1=C(C)N(Cc2ccco2)C(=O)/C1=C\c1cc(C)n(-c2cccc(Cl)c2)c1C. The Kier molecular flexibility index (Phi) is 5.80. The second-order valence-corrected chi connectivity index (χ2v) is 8.06. The molecule has 164 valence electrons. The van der Waals surface area contributed by atoms with Crippen LogP contribution in [0.15, 0.2) is 70.0 Å². The Morgan fingerprint density at radius 1 is 1.16 bits per heavy atom. The number of methoxy groups -OCH3 is 1. The van der Waals surface area contributed by atoms with Crippen LogP contribution in [0.4, 0.5) is 0 Å². The molecule has 1 aliphatic heterocycles. The van der Waals surface area contributed by atoms with Crippen molar-refractivity contribution in [3.05, 3.63) is 93.3 Å². The number of halogens is 1. The van der Waals surface area contributed by atoms with Crippen LogP contribution in [-0.2, 0) is 20.9 Å². The lowest BCUT2D eigenvalue weighted by Gasteiger charge is -2.16. The number of amides is 1. The lowest BCUT2D eigenvalue weighted by molar-refractivity contribution is -0.136. The van der Waals surface area contributed by atoms with Gasteiger partial charge in [-0.25, -0.2) is 4.79 Å². The Morgan fingerprint density at radius 3 is 2.59 bits per heavy atom. The number of hydrogen-bond acceptors (Lipinski definition) is 4. The first-order valence-electron chi connectivity index (χ1n) is 10.1. The quantitative estimate of drug-likeness (QED) is 0.395. The highest BCUT2D eigenvalue weighted by molar-refractivity contribution is 6.30. The van der Waals surface area contributed by atoms with Gasteiger partial charge in [0.25, 0.3) is 5.91 Å². The van der Waals surface area contributed by atoms with Crippen LogP contribution in [0.25, 0.3) is 11.8 Å². The number of nitrogens with zero attached hydrogens (tertiary/aromatic N) is 2. The molecular formula is C25H23ClN2O4. The summed E-state index contributed by atoms with van der Waals surface area (Å²) in [6.45, 7) is 5.92. The van der Waals surface area contributed by atoms with E-state index in [-0.39, 0.29) is 18.0 Å². The van der Waals surface area contributed by atoms with Crippen molar-refractivity contribution in [2.24, 2.45) is 0 Å². The molecule has 7 heteroatoms. The maximum Gasteiger partial charge on any atom is 0.340 e. The summed E-state index contributed by atoms with van der Waals surface area (Å²) < 4.78 is 12.4. The lowest BCUT2D eigenvalue weighted by Crippen LogP contribution is -2.24. The monoisotopic (exact) mass is 450 g/mol. The van der Waals surface area contributed by atoms with E-state index in [1.54, 1.807) is 31.4 Å². The molecule has 2 aromatic heterocycles. The van der Waals surface area contributed by atoms with Crippen molar-refractivity contribution in [3.8, 4) is 5.69 Å². The zero-order valence-corrected chi connectivity index (χ0v) is 19.1. The minimum atomic E-state index is -0.548. The maximum atomic E-state index is 13.3. The fourth-order valence-electron chi connectivity index (χ4n) is 4.08. The third-order valence-corrected chi connectivity index (χ3v) is 5.87. The first-order chi connectivity index (χ1) is 15.3. The number of rotatable bonds is 5. The summed E-state index contributed by atoms with van der Waals surface area (Å²) in [6, 6.07) is 13.1. The van der Waals surface area contributed by atoms with Gasteiger partial charge in [0, 0.05) is 27.8 Å². The number of aromatic nitrogens is 1. The van der Waals surface area contributed by atoms with Gasteiger partial charge in [-0.2, -0.15) is 0 Å². The molecule has 1 amide bonds. The highest BCUT2D eigenvalue weighted by atomic mass is 35.5. The molecule has 0 aliphatic carbocycles. The van der Waals surface area contributed by atoms with E-state index in [2.05, 4.69) is 4.57 Å². The first kappa shape index (κ1) is 21.7. The van der Waals surface area contributed by atoms with Gasteiger partial charge in [0.15, 0.2) is 0 Å². The molecule has 6 nitrogen and oxygen atoms in total. The molecule has 0 spiro atoms. The molecule has 0 N–H and O–H groups in total. The number of benzene rings is 1. The summed E-state index contributed by atoms with van der Waals surface area (Å²) in [4.78, 5) is 27.5. The average molecular weight is 451 g/mol. The summed E-state index contributed by atoms with van der Waals surface area (Å²) in [7, 11) is 1.31. The second-order valence-electron chi connectivity index (χ2n) is 7.62. The zero-order chi connectivity index (χ0) is 23.0. The Morgan fingerprint density at radius 2 is 1.94 bits per heavy atom. The minimum Gasteiger partial charge on any atom is -0.467 e. The number of hydrogen-bond donors (Lipinski definition) is 0. The number of esters is 1. The predicted molar refractivity (Wildman–Crippen MR) is 122 cm³/mol. The second kappa shape index (κ2) is 8.55. The molecular weight excluding hydrogens is 428 g/mol. The number of furan rings is 1. The molecule has 3 aromatic rings. The van der Waals surface area contributed by atoms with Crippen molar-refractivity contribution >= 4 is 29.6 Å². The van der Waals surface area contributed by atoms with Crippen LogP contribution < -0.4 is 0 Å². The smallest absolute Gasteiger partial charge is 0.340 e. The molecule has 3 heterocycles. The number of allylic oxidation sites excluding steroid dienone is 1. The minimum absolute atomic E-state index is 0.233. The molecule has 1 aromatic carbocycles. The summed E-state index contributed by atoms with van der Waals surface area (Å²) in [5, 5.41) is 0.640. The molecule has 1 aliphatic rings. The van der Waals surface area contributed by atoms with Crippen molar-refractivity contribution in [1.29, 1.82) is 0 Å². The van der Waals surface area contributed by atoms with Crippen LogP contribution in [0.2, 0.25) is 5.02 Å². The van der Waals surface area contributed by atoms with E-state index < -0.39 is 5.97 Å². The maximum absolute atomic E-state index is 13.3. The molecule has 0 atom stereocenters. The van der Waals surface area contributed by atoms with E-state index in [0.717, 1.165) is 22.6 Å². The van der Waals surface area contributed by atoms with Crippen LogP contribution in [-0.4, -0.2) is 28.5 Å². The number of ether oxygens (including phenoxy) is 1. The van der Waals surface area contributed by atoms with Gasteiger partial charge in [0.2, 0.25) is 0 Å². The van der Waals surface area contributed by atoms with Gasteiger partial charge in [-0.3, -0.25) is 4.79 Å². The highest BCUT2D eigenvalue weighted by Gasteiger charge is 2.37. The fourth-order valence-corrected chi connectivity index (χ4v) is 4.26. The van der Waals surface area contributed by atoms with E-state index in [1.807, 2.05) is 44.2 Å². The molecule has 0 saturated heterocycles. The predicted octanol–water partition coefficient (Wildman–Crippen LogP) is 5.21. The summed E-state index contributed by atoms with van der Waals surface area (Å²) in [6.07, 6.45) is 3.31. The van der Waals surface area contributed by atoms with Crippen molar-refractivity contribution in [3.63, 3.8) is 0 Å². The van der Waals surface area contributed by atoms with E-state index in [1.165, 1.54) is 12.0 Å². The van der Waals surface area contributed by atoms with Crippen molar-refractivity contribution in [2.75, 3.05) is 7.11 Å². The van der Waals surface area contributed by atoms with Gasteiger partial charge < -0.3 is 18.6 Å². The van der Waals surface area contributed by atoms with Gasteiger partial charge in [-0.1, -0.05) is 17.7 Å². The number of carbonyl (C=O) groups excluding carboxylic acids is 2. The topological polar surface area (TPSA) is 64.7 Å². The van der Waals surface area contributed by atoms with Crippen molar-refractivity contribution in [1.82, 2.24) is 9.47 Å². The molecule has 0 fully saturated rings. The fraction of sp³-hybridized carbons (Fsp3) is 0.200. The molecule has 32 heavy (non-hydrogen) atoms. The van der Waals surface area contributed by atoms with E-state index in [0.29, 0.717) is 22.1 Å². The molecule has 0 saturated carbocycles. The Hall–Kier alpha value is -3.51. The van der Waals surface area contributed by atoms with Gasteiger partial charge >= 0.3 is 5.97 Å². The van der Waals surface area contributed by atoms with Crippen LogP contribution in [0.3, 0.4) is 0 Å². The van der Waals surface area contributed by atoms with Crippen molar-refractivity contribution in [2.45, 2.75) is 27.3 Å². The number of carbonyl (C=O) groups is 2. The Bertz CT molecular complexity index is 1270. The lowest BCUT2D eigenvalue weighted by atomic mass is 10.0. The van der Waals surface area contributed by atoms with E-state index in [4.69, 9.17) is 20.8 Å². The third-order valence-electron chi connectivity index (χ3n) is 5.63. The molecule has 0 radical (unpaired) electrons. The normalized spacial score (nSPS) is 15.2. The zero-order valence-electron chi connectivity index (χ0n) is 18.3. The van der Waals surface area contributed by atoms with Crippen LogP contribution in [0.1, 0.15) is 29.6 Å². The first-order valence-corrected chi connectivity index (χ1v) is 10.5. The summed E-state index contributed by atoms with van der Waals surface area (Å²) >= 11 is 6.18. The van der Waals surface area contributed by atoms with Gasteiger partial charge in [0.05, 0.1) is 31.1 Å². The van der Waals surface area contributed by atoms with Crippen LogP contribution in [0, 0.1) is 13.8 Å². The average Bonchev–Trinajstić information content (AvgIpc) is 3.43. The van der Waals surface area contributed by atoms with E-state index in [9.17, 15) is 9.59 Å². The Balaban J connectivity index is 1.79. The largest absolute Gasteiger partial charge is 0.467 e. The summed E-state index contributed by atoms with van der Waals surface area (Å²) in [5.41, 5.74) is 4.76. The number of aryl methyl sites for hydroxylation is 1. The van der Waals surface area contributed by atoms with Gasteiger partial charge in [-0.15, -0.1) is 0 Å². The Labute approximate surface area is 191 Å². The highest BCUT2D eigenvalue weighted by Crippen LogP contribution is 2.34. The third kappa shape index (κ3) is 3.78.